The van der Waals surface area contributed by atoms with Gasteiger partial charge in [-0.15, -0.1) is 0 Å². The number of nitrogens with one attached hydrogen (secondary N) is 2. The van der Waals surface area contributed by atoms with Gasteiger partial charge in [0, 0.05) is 30.8 Å². The molecule has 8 nitrogen and oxygen atoms in total. The Morgan fingerprint density at radius 3 is 2.29 bits per heavy atom. The van der Waals surface area contributed by atoms with Crippen molar-refractivity contribution in [3.63, 3.8) is 0 Å². The summed E-state index contributed by atoms with van der Waals surface area (Å²) in [6, 6.07) is -5.07. The van der Waals surface area contributed by atoms with Crippen LogP contribution in [0.5, 0.6) is 0 Å². The van der Waals surface area contributed by atoms with Crippen molar-refractivity contribution in [2.75, 3.05) is 18.4 Å². The maximum atomic E-state index is 14.1. The zero-order chi connectivity index (χ0) is 32.4. The number of aromatic nitrogens is 1. The van der Waals surface area contributed by atoms with Gasteiger partial charge >= 0.3 is 12.4 Å². The largest absolute Gasteiger partial charge is 0.417 e. The van der Waals surface area contributed by atoms with Crippen LogP contribution < -0.4 is 10.6 Å². The van der Waals surface area contributed by atoms with Crippen molar-refractivity contribution < 1.29 is 49.8 Å². The molecular formula is C25H31F8N5O3S. The molecule has 42 heavy (non-hydrogen) atoms. The van der Waals surface area contributed by atoms with E-state index < -0.39 is 101 Å². The molecule has 0 spiro atoms. The van der Waals surface area contributed by atoms with Gasteiger partial charge in [0.1, 0.15) is 11.9 Å². The summed E-state index contributed by atoms with van der Waals surface area (Å²) in [4.78, 5) is 33.4. The summed E-state index contributed by atoms with van der Waals surface area (Å²) in [6.07, 6.45) is -10.7. The van der Waals surface area contributed by atoms with Crippen LogP contribution in [0.25, 0.3) is 0 Å². The van der Waals surface area contributed by atoms with Crippen LogP contribution in [-0.2, 0) is 15.8 Å². The normalized spacial score (nSPS) is 19.3. The molecule has 1 aliphatic heterocycles. The number of rotatable bonds is 10. The Morgan fingerprint density at radius 2 is 1.83 bits per heavy atom. The number of thiocarbonyl (C=S) groups is 1. The highest BCUT2D eigenvalue weighted by molar-refractivity contribution is 7.81. The quantitative estimate of drug-likeness (QED) is 0.151. The van der Waals surface area contributed by atoms with Crippen LogP contribution in [-0.4, -0.2) is 86.3 Å². The average molecular weight is 634 g/mol. The number of nitrogens with zero attached hydrogens (tertiary/aromatic N) is 3. The van der Waals surface area contributed by atoms with Gasteiger partial charge in [-0.2, -0.15) is 26.3 Å². The Kier molecular flexibility index (Phi) is 10.7. The fourth-order valence-electron chi connectivity index (χ4n) is 4.07. The van der Waals surface area contributed by atoms with E-state index in [1.54, 1.807) is 0 Å². The Balaban J connectivity index is 2.60. The topological polar surface area (TPSA) is 107 Å². The number of carbonyl (C=O) groups is 2. The first kappa shape index (κ1) is 35.2. The first-order valence-electron chi connectivity index (χ1n) is 12.6. The van der Waals surface area contributed by atoms with Crippen molar-refractivity contribution in [3.05, 3.63) is 23.4 Å². The molecule has 3 N–H and O–H groups in total. The molecule has 2 heterocycles. The van der Waals surface area contributed by atoms with Crippen molar-refractivity contribution in [3.8, 4) is 0 Å². The smallest absolute Gasteiger partial charge is 0.389 e. The highest BCUT2D eigenvalue weighted by Crippen LogP contribution is 2.36. The molecule has 0 saturated carbocycles. The fourth-order valence-corrected chi connectivity index (χ4v) is 4.39. The van der Waals surface area contributed by atoms with Gasteiger partial charge in [-0.3, -0.25) is 14.6 Å². The lowest BCUT2D eigenvalue weighted by Gasteiger charge is -2.26. The lowest BCUT2D eigenvalue weighted by molar-refractivity contribution is -0.143. The third-order valence-electron chi connectivity index (χ3n) is 6.23. The number of pyridine rings is 1. The number of aliphatic imine (C=N–C) groups is 1. The first-order valence-corrected chi connectivity index (χ1v) is 13.1. The van der Waals surface area contributed by atoms with Gasteiger partial charge in [0.15, 0.2) is 6.04 Å². The predicted octanol–water partition coefficient (Wildman–Crippen LogP) is 4.54. The molecule has 0 aromatic carbocycles. The number of alkyl halides is 8. The standard InChI is InChI=1S/C25H31F8N5O3S/c1-6-16(25(31,32)33)37-17-7-15(24(28,29)30)14(9-34-17)19(42)18(21(40)38-11-23(26,27)8-12(38)2)36-13(3)20(39)35-10-22(4,5)41/h7,9,12,16,18,41H,6,8,10-11H2,1-5H3,(H,34,37)(H,35,39)/b36-13+/t12-,16-,18?/m0/s1. The van der Waals surface area contributed by atoms with Crippen LogP contribution in [0.2, 0.25) is 0 Å². The number of hydrogen-bond donors (Lipinski definition) is 3. The van der Waals surface area contributed by atoms with Gasteiger partial charge in [0.25, 0.3) is 17.7 Å². The fraction of sp³-hybridized carbons (Fsp3) is 0.640. The molecule has 1 saturated heterocycles. The van der Waals surface area contributed by atoms with Crippen LogP contribution in [0.3, 0.4) is 0 Å². The molecule has 1 fully saturated rings. The van der Waals surface area contributed by atoms with E-state index in [1.807, 2.05) is 5.32 Å². The molecule has 0 aliphatic carbocycles. The Bertz CT molecular complexity index is 1210. The van der Waals surface area contributed by atoms with E-state index in [0.717, 1.165) is 13.8 Å². The molecule has 0 radical (unpaired) electrons. The molecular weight excluding hydrogens is 602 g/mol. The van der Waals surface area contributed by atoms with E-state index in [0.29, 0.717) is 11.1 Å². The lowest BCUT2D eigenvalue weighted by atomic mass is 10.00. The Labute approximate surface area is 241 Å². The molecule has 3 atom stereocenters. The minimum Gasteiger partial charge on any atom is -0.389 e. The van der Waals surface area contributed by atoms with E-state index in [1.165, 1.54) is 20.8 Å². The van der Waals surface area contributed by atoms with Crippen LogP contribution in [0, 0.1) is 0 Å². The van der Waals surface area contributed by atoms with Gasteiger partial charge in [0.05, 0.1) is 28.3 Å². The molecule has 2 amide bonds. The summed E-state index contributed by atoms with van der Waals surface area (Å²) in [6.45, 7) is 4.95. The van der Waals surface area contributed by atoms with Crippen molar-refractivity contribution >= 4 is 40.4 Å². The zero-order valence-electron chi connectivity index (χ0n) is 23.3. The first-order chi connectivity index (χ1) is 19.0. The third kappa shape index (κ3) is 9.28. The van der Waals surface area contributed by atoms with Crippen LogP contribution in [0.4, 0.5) is 40.9 Å². The average Bonchev–Trinajstić information content (AvgIpc) is 3.13. The van der Waals surface area contributed by atoms with E-state index in [-0.39, 0.29) is 12.6 Å². The molecule has 2 rings (SSSR count). The summed E-state index contributed by atoms with van der Waals surface area (Å²) in [5, 5.41) is 14.0. The summed E-state index contributed by atoms with van der Waals surface area (Å²) >= 11 is 5.19. The number of halogens is 8. The minimum absolute atomic E-state index is 0.273. The van der Waals surface area contributed by atoms with Crippen molar-refractivity contribution in [2.45, 2.75) is 89.5 Å². The van der Waals surface area contributed by atoms with E-state index >= 15 is 0 Å². The third-order valence-corrected chi connectivity index (χ3v) is 6.67. The summed E-state index contributed by atoms with van der Waals surface area (Å²) in [5.41, 5.74) is -4.29. The monoisotopic (exact) mass is 633 g/mol. The molecule has 1 aromatic rings. The van der Waals surface area contributed by atoms with Gasteiger partial charge in [-0.1, -0.05) is 19.1 Å². The van der Waals surface area contributed by atoms with Gasteiger partial charge in [0.2, 0.25) is 0 Å². The minimum atomic E-state index is -5.21. The number of amides is 2. The Hall–Kier alpha value is -2.95. The zero-order valence-corrected chi connectivity index (χ0v) is 24.1. The van der Waals surface area contributed by atoms with Gasteiger partial charge in [-0.05, 0) is 40.2 Å². The molecule has 1 unspecified atom stereocenters. The number of likely N-dealkylation sites (tertiary alicyclic amines) is 1. The van der Waals surface area contributed by atoms with Crippen LogP contribution in [0.1, 0.15) is 58.6 Å². The highest BCUT2D eigenvalue weighted by atomic mass is 32.1. The van der Waals surface area contributed by atoms with Gasteiger partial charge < -0.3 is 20.6 Å². The maximum absolute atomic E-state index is 14.1. The van der Waals surface area contributed by atoms with Crippen molar-refractivity contribution in [2.24, 2.45) is 4.99 Å². The number of hydrogen-bond acceptors (Lipinski definition) is 7. The second-order valence-electron chi connectivity index (χ2n) is 10.6. The van der Waals surface area contributed by atoms with Crippen molar-refractivity contribution in [1.82, 2.24) is 15.2 Å². The molecule has 0 bridgehead atoms. The number of carbonyl (C=O) groups excluding carboxylic acids is 2. The summed E-state index contributed by atoms with van der Waals surface area (Å²) < 4.78 is 110. The maximum Gasteiger partial charge on any atom is 0.417 e. The van der Waals surface area contributed by atoms with E-state index in [4.69, 9.17) is 12.2 Å². The lowest BCUT2D eigenvalue weighted by Crippen LogP contribution is -2.46. The second-order valence-corrected chi connectivity index (χ2v) is 11.1. The van der Waals surface area contributed by atoms with Gasteiger partial charge in [-0.25, -0.2) is 13.8 Å². The summed E-state index contributed by atoms with van der Waals surface area (Å²) in [5.74, 6) is -6.22. The highest BCUT2D eigenvalue weighted by Gasteiger charge is 2.48. The molecule has 17 heteroatoms. The molecule has 1 aliphatic rings. The van der Waals surface area contributed by atoms with E-state index in [9.17, 15) is 49.8 Å². The Morgan fingerprint density at radius 1 is 1.24 bits per heavy atom. The molecule has 236 valence electrons. The van der Waals surface area contributed by atoms with E-state index in [2.05, 4.69) is 15.3 Å². The van der Waals surface area contributed by atoms with Crippen LogP contribution >= 0.6 is 12.2 Å². The SMILES string of the molecule is CC[C@H](Nc1cc(C(F)(F)F)c(C(=S)C(/N=C(\C)C(=O)NCC(C)(C)O)C(=O)N2CC(F)(F)C[C@@H]2C)cn1)C(F)(F)F. The number of anilines is 1. The predicted molar refractivity (Wildman–Crippen MR) is 142 cm³/mol. The molecule has 1 aromatic heterocycles. The summed E-state index contributed by atoms with van der Waals surface area (Å²) in [7, 11) is 0. The number of aliphatic hydroxyl groups is 1. The van der Waals surface area contributed by atoms with Crippen molar-refractivity contribution in [1.29, 1.82) is 0 Å². The van der Waals surface area contributed by atoms with Crippen LogP contribution in [0.15, 0.2) is 17.3 Å². The second kappa shape index (κ2) is 12.7.